The first-order chi connectivity index (χ1) is 6.60. The summed E-state index contributed by atoms with van der Waals surface area (Å²) in [6.07, 6.45) is 0. The molecule has 0 atom stereocenters. The summed E-state index contributed by atoms with van der Waals surface area (Å²) in [6, 6.07) is 1.75. The first-order valence-electron chi connectivity index (χ1n) is 4.35. The maximum absolute atomic E-state index is 10.2. The lowest BCUT2D eigenvalue weighted by molar-refractivity contribution is -0.498. The van der Waals surface area contributed by atoms with E-state index in [0.29, 0.717) is 13.2 Å². The van der Waals surface area contributed by atoms with Gasteiger partial charge in [0, 0.05) is 11.8 Å². The van der Waals surface area contributed by atoms with E-state index in [4.69, 9.17) is 10.00 Å². The van der Waals surface area contributed by atoms with E-state index in [1.165, 1.54) is 6.92 Å². The predicted octanol–water partition coefficient (Wildman–Crippen LogP) is 0.171. The minimum atomic E-state index is -0.377. The Bertz CT molecular complexity index is 220. The Morgan fingerprint density at radius 3 is 2.43 bits per heavy atom. The number of ether oxygens (including phenoxy) is 1. The van der Waals surface area contributed by atoms with Gasteiger partial charge in [0.1, 0.15) is 5.54 Å². The van der Waals surface area contributed by atoms with Crippen LogP contribution in [0.15, 0.2) is 0 Å². The number of nitro groups is 1. The van der Waals surface area contributed by atoms with Crippen LogP contribution >= 0.6 is 0 Å². The third-order valence-corrected chi connectivity index (χ3v) is 1.74. The second-order valence-corrected chi connectivity index (χ2v) is 3.02. The standard InChI is InChI=1S/C6H12N2O3.C2H3N/c1-2-7-6(3-8(9)10)4-11-5-6;1-2-3/h7H,2-5H2,1H3;1H3. The number of hydrogen-bond acceptors (Lipinski definition) is 5. The van der Waals surface area contributed by atoms with Gasteiger partial charge in [-0.05, 0) is 6.54 Å². The lowest BCUT2D eigenvalue weighted by atomic mass is 9.98. The van der Waals surface area contributed by atoms with Gasteiger partial charge >= 0.3 is 0 Å². The zero-order valence-corrected chi connectivity index (χ0v) is 8.45. The molecule has 0 amide bonds. The maximum atomic E-state index is 10.2. The van der Waals surface area contributed by atoms with Gasteiger partial charge in [-0.3, -0.25) is 10.1 Å². The minimum absolute atomic E-state index is 0.0408. The number of nitrogens with zero attached hydrogens (tertiary/aromatic N) is 2. The highest BCUT2D eigenvalue weighted by Crippen LogP contribution is 2.16. The maximum Gasteiger partial charge on any atom is 0.226 e. The van der Waals surface area contributed by atoms with E-state index in [1.807, 2.05) is 6.92 Å². The number of rotatable bonds is 4. The van der Waals surface area contributed by atoms with E-state index in [9.17, 15) is 10.1 Å². The number of nitriles is 1. The zero-order chi connectivity index (χ0) is 11.0. The zero-order valence-electron chi connectivity index (χ0n) is 8.45. The van der Waals surface area contributed by atoms with Crippen molar-refractivity contribution < 1.29 is 9.66 Å². The Kier molecular flexibility index (Phi) is 5.76. The fourth-order valence-corrected chi connectivity index (χ4v) is 1.22. The quantitative estimate of drug-likeness (QED) is 0.517. The molecule has 0 aliphatic carbocycles. The molecule has 0 unspecified atom stereocenters. The Hall–Kier alpha value is -1.19. The van der Waals surface area contributed by atoms with Crippen molar-refractivity contribution in [3.05, 3.63) is 10.1 Å². The molecular weight excluding hydrogens is 186 g/mol. The van der Waals surface area contributed by atoms with Crippen LogP contribution < -0.4 is 5.32 Å². The van der Waals surface area contributed by atoms with Crippen LogP contribution in [-0.2, 0) is 4.74 Å². The Morgan fingerprint density at radius 1 is 1.71 bits per heavy atom. The van der Waals surface area contributed by atoms with Crippen molar-refractivity contribution in [3.63, 3.8) is 0 Å². The van der Waals surface area contributed by atoms with Crippen LogP contribution in [0.4, 0.5) is 0 Å². The number of likely N-dealkylation sites (N-methyl/N-ethyl adjacent to an activating group) is 1. The molecule has 6 heteroatoms. The van der Waals surface area contributed by atoms with Gasteiger partial charge < -0.3 is 10.1 Å². The minimum Gasteiger partial charge on any atom is -0.377 e. The fourth-order valence-electron chi connectivity index (χ4n) is 1.22. The van der Waals surface area contributed by atoms with Crippen LogP contribution in [0.1, 0.15) is 13.8 Å². The van der Waals surface area contributed by atoms with Gasteiger partial charge in [0.05, 0.1) is 19.3 Å². The molecule has 0 spiro atoms. The van der Waals surface area contributed by atoms with Crippen molar-refractivity contribution in [2.45, 2.75) is 19.4 Å². The van der Waals surface area contributed by atoms with Crippen LogP contribution in [0, 0.1) is 21.4 Å². The molecule has 1 fully saturated rings. The summed E-state index contributed by atoms with van der Waals surface area (Å²) in [5, 5.41) is 20.6. The molecule has 1 rings (SSSR count). The van der Waals surface area contributed by atoms with Crippen LogP contribution in [-0.4, -0.2) is 36.8 Å². The van der Waals surface area contributed by atoms with E-state index in [-0.39, 0.29) is 17.0 Å². The number of nitrogens with one attached hydrogen (secondary N) is 1. The lowest BCUT2D eigenvalue weighted by Gasteiger charge is -2.38. The topological polar surface area (TPSA) is 88.2 Å². The molecule has 0 saturated carbocycles. The first-order valence-corrected chi connectivity index (χ1v) is 4.35. The van der Waals surface area contributed by atoms with Crippen LogP contribution in [0.25, 0.3) is 0 Å². The van der Waals surface area contributed by atoms with Gasteiger partial charge in [-0.1, -0.05) is 6.92 Å². The number of hydrogen-bond donors (Lipinski definition) is 1. The van der Waals surface area contributed by atoms with Crippen molar-refractivity contribution >= 4 is 0 Å². The summed E-state index contributed by atoms with van der Waals surface area (Å²) in [7, 11) is 0. The molecule has 0 aromatic carbocycles. The third kappa shape index (κ3) is 4.16. The Labute approximate surface area is 83.0 Å². The van der Waals surface area contributed by atoms with E-state index in [0.717, 1.165) is 6.54 Å². The molecule has 14 heavy (non-hydrogen) atoms. The molecule has 1 aliphatic rings. The Morgan fingerprint density at radius 2 is 2.21 bits per heavy atom. The molecule has 1 N–H and O–H groups in total. The van der Waals surface area contributed by atoms with Gasteiger partial charge in [-0.2, -0.15) is 5.26 Å². The third-order valence-electron chi connectivity index (χ3n) is 1.74. The van der Waals surface area contributed by atoms with Crippen LogP contribution in [0.2, 0.25) is 0 Å². The predicted molar refractivity (Wildman–Crippen MR) is 50.4 cm³/mol. The van der Waals surface area contributed by atoms with Crippen molar-refractivity contribution in [1.82, 2.24) is 5.32 Å². The fraction of sp³-hybridized carbons (Fsp3) is 0.875. The summed E-state index contributed by atoms with van der Waals surface area (Å²) in [5.41, 5.74) is -0.377. The molecule has 1 heterocycles. The molecule has 0 aromatic rings. The summed E-state index contributed by atoms with van der Waals surface area (Å²) in [4.78, 5) is 9.89. The molecule has 1 saturated heterocycles. The summed E-state index contributed by atoms with van der Waals surface area (Å²) in [5.74, 6) is 0. The van der Waals surface area contributed by atoms with Gasteiger partial charge in [0.2, 0.25) is 6.54 Å². The molecular formula is C8H15N3O3. The van der Waals surface area contributed by atoms with Crippen molar-refractivity contribution in [3.8, 4) is 6.07 Å². The SMILES string of the molecule is CC#N.CCNC1(C[N+](=O)[O-])COC1. The first kappa shape index (κ1) is 12.8. The van der Waals surface area contributed by atoms with Crippen molar-refractivity contribution in [1.29, 1.82) is 5.26 Å². The average Bonchev–Trinajstić information content (AvgIpc) is 2.01. The van der Waals surface area contributed by atoms with E-state index in [1.54, 1.807) is 6.07 Å². The molecule has 80 valence electrons. The summed E-state index contributed by atoms with van der Waals surface area (Å²) >= 11 is 0. The smallest absolute Gasteiger partial charge is 0.226 e. The van der Waals surface area contributed by atoms with E-state index >= 15 is 0 Å². The molecule has 0 radical (unpaired) electrons. The van der Waals surface area contributed by atoms with Gasteiger partial charge in [-0.15, -0.1) is 0 Å². The van der Waals surface area contributed by atoms with Crippen molar-refractivity contribution in [2.24, 2.45) is 0 Å². The Balaban J connectivity index is 0.000000500. The average molecular weight is 201 g/mol. The highest BCUT2D eigenvalue weighted by molar-refractivity contribution is 4.93. The normalized spacial score (nSPS) is 16.9. The van der Waals surface area contributed by atoms with Gasteiger partial charge in [0.15, 0.2) is 0 Å². The second kappa shape index (κ2) is 6.29. The largest absolute Gasteiger partial charge is 0.377 e. The molecule has 1 aliphatic heterocycles. The van der Waals surface area contributed by atoms with Gasteiger partial charge in [0.25, 0.3) is 0 Å². The highest BCUT2D eigenvalue weighted by atomic mass is 16.6. The molecule has 6 nitrogen and oxygen atoms in total. The lowest BCUT2D eigenvalue weighted by Crippen LogP contribution is -2.64. The highest BCUT2D eigenvalue weighted by Gasteiger charge is 2.42. The monoisotopic (exact) mass is 201 g/mol. The summed E-state index contributed by atoms with van der Waals surface area (Å²) in [6.45, 7) is 4.99. The van der Waals surface area contributed by atoms with Crippen LogP contribution in [0.5, 0.6) is 0 Å². The van der Waals surface area contributed by atoms with Crippen molar-refractivity contribution in [2.75, 3.05) is 26.3 Å². The van der Waals surface area contributed by atoms with E-state index < -0.39 is 0 Å². The summed E-state index contributed by atoms with van der Waals surface area (Å²) < 4.78 is 4.92. The van der Waals surface area contributed by atoms with Crippen LogP contribution in [0.3, 0.4) is 0 Å². The second-order valence-electron chi connectivity index (χ2n) is 3.02. The van der Waals surface area contributed by atoms with Gasteiger partial charge in [-0.25, -0.2) is 0 Å². The van der Waals surface area contributed by atoms with E-state index in [2.05, 4.69) is 5.32 Å². The molecule has 0 aromatic heterocycles. The molecule has 0 bridgehead atoms.